The number of thiazole rings is 1. The van der Waals surface area contributed by atoms with E-state index in [-0.39, 0.29) is 5.91 Å². The van der Waals surface area contributed by atoms with E-state index in [2.05, 4.69) is 58.7 Å². The van der Waals surface area contributed by atoms with E-state index >= 15 is 0 Å². The quantitative estimate of drug-likeness (QED) is 0.754. The van der Waals surface area contributed by atoms with E-state index in [9.17, 15) is 4.79 Å². The predicted octanol–water partition coefficient (Wildman–Crippen LogP) is 4.56. The van der Waals surface area contributed by atoms with Crippen molar-refractivity contribution < 1.29 is 4.79 Å². The Bertz CT molecular complexity index is 706. The first kappa shape index (κ1) is 19.4. The van der Waals surface area contributed by atoms with Gasteiger partial charge in [0, 0.05) is 17.7 Å². The van der Waals surface area contributed by atoms with Crippen LogP contribution in [0.1, 0.15) is 36.6 Å². The first-order chi connectivity index (χ1) is 12.6. The molecule has 2 heterocycles. The molecule has 4 nitrogen and oxygen atoms in total. The maximum absolute atomic E-state index is 12.1. The molecule has 3 rings (SSSR count). The molecule has 0 unspecified atom stereocenters. The summed E-state index contributed by atoms with van der Waals surface area (Å²) in [4.78, 5) is 19.1. The fourth-order valence-corrected chi connectivity index (χ4v) is 4.49. The number of thioether (sulfide) groups is 1. The Morgan fingerprint density at radius 2 is 2.04 bits per heavy atom. The number of anilines is 1. The number of hydrogen-bond acceptors (Lipinski definition) is 5. The van der Waals surface area contributed by atoms with Gasteiger partial charge in [-0.1, -0.05) is 36.8 Å². The third kappa shape index (κ3) is 6.11. The van der Waals surface area contributed by atoms with Crippen molar-refractivity contribution >= 4 is 34.1 Å². The maximum Gasteiger partial charge on any atom is 0.236 e. The number of aryl methyl sites for hydroxylation is 1. The van der Waals surface area contributed by atoms with E-state index in [1.54, 1.807) is 11.8 Å². The number of carbonyl (C=O) groups is 1. The summed E-state index contributed by atoms with van der Waals surface area (Å²) in [6, 6.07) is 8.45. The van der Waals surface area contributed by atoms with Gasteiger partial charge >= 0.3 is 0 Å². The SMILES string of the molecule is Cc1ccc(CSCC(=O)Nc2nc(CN3CCC(C)CC3)cs2)cc1. The molecule has 1 amide bonds. The number of aromatic nitrogens is 1. The van der Waals surface area contributed by atoms with Crippen LogP contribution in [-0.2, 0) is 17.1 Å². The molecular formula is C20H27N3OS2. The molecule has 0 radical (unpaired) electrons. The van der Waals surface area contributed by atoms with Gasteiger partial charge in [-0.15, -0.1) is 23.1 Å². The molecule has 1 aromatic carbocycles. The van der Waals surface area contributed by atoms with Crippen LogP contribution in [0.2, 0.25) is 0 Å². The van der Waals surface area contributed by atoms with Gasteiger partial charge in [0.1, 0.15) is 0 Å². The number of nitrogens with zero attached hydrogens (tertiary/aromatic N) is 2. The van der Waals surface area contributed by atoms with Crippen molar-refractivity contribution in [3.63, 3.8) is 0 Å². The molecule has 1 aromatic heterocycles. The summed E-state index contributed by atoms with van der Waals surface area (Å²) in [6.45, 7) is 7.59. The van der Waals surface area contributed by atoms with Gasteiger partial charge in [0.05, 0.1) is 11.4 Å². The van der Waals surface area contributed by atoms with Crippen molar-refractivity contribution in [1.29, 1.82) is 0 Å². The highest BCUT2D eigenvalue weighted by atomic mass is 32.2. The first-order valence-electron chi connectivity index (χ1n) is 9.18. The van der Waals surface area contributed by atoms with Crippen molar-refractivity contribution in [3.05, 3.63) is 46.5 Å². The maximum atomic E-state index is 12.1. The van der Waals surface area contributed by atoms with Gasteiger partial charge in [-0.25, -0.2) is 4.98 Å². The topological polar surface area (TPSA) is 45.2 Å². The van der Waals surface area contributed by atoms with Gasteiger partial charge < -0.3 is 5.32 Å². The zero-order valence-electron chi connectivity index (χ0n) is 15.5. The van der Waals surface area contributed by atoms with Crippen LogP contribution in [0.15, 0.2) is 29.6 Å². The van der Waals surface area contributed by atoms with Crippen LogP contribution in [0.4, 0.5) is 5.13 Å². The molecule has 140 valence electrons. The summed E-state index contributed by atoms with van der Waals surface area (Å²) < 4.78 is 0. The van der Waals surface area contributed by atoms with Gasteiger partial charge in [0.2, 0.25) is 5.91 Å². The van der Waals surface area contributed by atoms with Crippen molar-refractivity contribution in [3.8, 4) is 0 Å². The molecule has 1 aliphatic heterocycles. The number of piperidine rings is 1. The second-order valence-electron chi connectivity index (χ2n) is 7.13. The van der Waals surface area contributed by atoms with Gasteiger partial charge in [0.15, 0.2) is 5.13 Å². The van der Waals surface area contributed by atoms with Crippen LogP contribution < -0.4 is 5.32 Å². The van der Waals surface area contributed by atoms with Gasteiger partial charge in [0.25, 0.3) is 0 Å². The molecule has 0 spiro atoms. The minimum atomic E-state index is 0.0230. The molecule has 1 N–H and O–H groups in total. The Kier molecular flexibility index (Phi) is 7.11. The highest BCUT2D eigenvalue weighted by Crippen LogP contribution is 2.21. The molecule has 6 heteroatoms. The largest absolute Gasteiger partial charge is 0.301 e. The molecule has 0 aliphatic carbocycles. The van der Waals surface area contributed by atoms with Crippen LogP contribution in [0.3, 0.4) is 0 Å². The number of benzene rings is 1. The second-order valence-corrected chi connectivity index (χ2v) is 8.97. The highest BCUT2D eigenvalue weighted by Gasteiger charge is 2.17. The van der Waals surface area contributed by atoms with Crippen LogP contribution in [0.25, 0.3) is 0 Å². The summed E-state index contributed by atoms with van der Waals surface area (Å²) in [7, 11) is 0. The van der Waals surface area contributed by atoms with E-state index in [1.165, 1.54) is 35.3 Å². The normalized spacial score (nSPS) is 15.9. The number of nitrogens with one attached hydrogen (secondary N) is 1. The van der Waals surface area contributed by atoms with E-state index in [0.717, 1.165) is 37.0 Å². The molecule has 26 heavy (non-hydrogen) atoms. The summed E-state index contributed by atoms with van der Waals surface area (Å²) >= 11 is 3.15. The predicted molar refractivity (Wildman–Crippen MR) is 112 cm³/mol. The molecule has 0 bridgehead atoms. The van der Waals surface area contributed by atoms with E-state index < -0.39 is 0 Å². The summed E-state index contributed by atoms with van der Waals surface area (Å²) in [5.41, 5.74) is 3.57. The van der Waals surface area contributed by atoms with Crippen LogP contribution in [0, 0.1) is 12.8 Å². The van der Waals surface area contributed by atoms with Gasteiger partial charge in [-0.3, -0.25) is 9.69 Å². The number of likely N-dealkylation sites (tertiary alicyclic amines) is 1. The Morgan fingerprint density at radius 1 is 1.31 bits per heavy atom. The summed E-state index contributed by atoms with van der Waals surface area (Å²) in [6.07, 6.45) is 2.54. The Hall–Kier alpha value is -1.37. The highest BCUT2D eigenvalue weighted by molar-refractivity contribution is 7.99. The fourth-order valence-electron chi connectivity index (χ4n) is 2.99. The average molecular weight is 390 g/mol. The minimum absolute atomic E-state index is 0.0230. The molecule has 1 aliphatic rings. The first-order valence-corrected chi connectivity index (χ1v) is 11.2. The molecule has 1 fully saturated rings. The van der Waals surface area contributed by atoms with Crippen molar-refractivity contribution in [2.24, 2.45) is 5.92 Å². The zero-order valence-corrected chi connectivity index (χ0v) is 17.2. The Balaban J connectivity index is 1.39. The number of hydrogen-bond donors (Lipinski definition) is 1. The van der Waals surface area contributed by atoms with Gasteiger partial charge in [-0.05, 0) is 44.3 Å². The van der Waals surface area contributed by atoms with Crippen molar-refractivity contribution in [2.75, 3.05) is 24.2 Å². The molecule has 2 aromatic rings. The molecule has 0 saturated carbocycles. The lowest BCUT2D eigenvalue weighted by Crippen LogP contribution is -2.32. The van der Waals surface area contributed by atoms with Crippen LogP contribution >= 0.6 is 23.1 Å². The van der Waals surface area contributed by atoms with Crippen molar-refractivity contribution in [1.82, 2.24) is 9.88 Å². The van der Waals surface area contributed by atoms with Crippen LogP contribution in [0.5, 0.6) is 0 Å². The molecule has 0 atom stereocenters. The van der Waals surface area contributed by atoms with Crippen molar-refractivity contribution in [2.45, 2.75) is 39.0 Å². The number of carbonyl (C=O) groups excluding carboxylic acids is 1. The standard InChI is InChI=1S/C20H27N3OS2/c1-15-3-5-17(6-4-15)12-25-14-19(24)22-20-21-18(13-26-20)11-23-9-7-16(2)8-10-23/h3-6,13,16H,7-12,14H2,1-2H3,(H,21,22,24). The second kappa shape index (κ2) is 9.53. The lowest BCUT2D eigenvalue weighted by Gasteiger charge is -2.29. The molecular weight excluding hydrogens is 362 g/mol. The summed E-state index contributed by atoms with van der Waals surface area (Å²) in [5, 5.41) is 5.71. The third-order valence-electron chi connectivity index (χ3n) is 4.68. The zero-order chi connectivity index (χ0) is 18.4. The Morgan fingerprint density at radius 3 is 2.77 bits per heavy atom. The average Bonchev–Trinajstić information content (AvgIpc) is 3.05. The molecule has 1 saturated heterocycles. The number of amides is 1. The Labute approximate surface area is 164 Å². The fraction of sp³-hybridized carbons (Fsp3) is 0.500. The van der Waals surface area contributed by atoms with E-state index in [0.29, 0.717) is 10.9 Å². The van der Waals surface area contributed by atoms with Crippen LogP contribution in [-0.4, -0.2) is 34.6 Å². The number of rotatable bonds is 7. The van der Waals surface area contributed by atoms with Gasteiger partial charge in [-0.2, -0.15) is 0 Å². The van der Waals surface area contributed by atoms with E-state index in [4.69, 9.17) is 0 Å². The third-order valence-corrected chi connectivity index (χ3v) is 6.49. The van der Waals surface area contributed by atoms with E-state index in [1.807, 2.05) is 0 Å². The monoisotopic (exact) mass is 389 g/mol. The summed E-state index contributed by atoms with van der Waals surface area (Å²) in [5.74, 6) is 2.17. The minimum Gasteiger partial charge on any atom is -0.301 e. The lowest BCUT2D eigenvalue weighted by atomic mass is 9.99. The smallest absolute Gasteiger partial charge is 0.236 e. The lowest BCUT2D eigenvalue weighted by molar-refractivity contribution is -0.113.